The molecule has 0 radical (unpaired) electrons. The van der Waals surface area contributed by atoms with Gasteiger partial charge < -0.3 is 15.4 Å². The van der Waals surface area contributed by atoms with Crippen LogP contribution in [-0.4, -0.2) is 49.1 Å². The van der Waals surface area contributed by atoms with Crippen molar-refractivity contribution in [3.05, 3.63) is 63.6 Å². The predicted molar refractivity (Wildman–Crippen MR) is 131 cm³/mol. The van der Waals surface area contributed by atoms with Crippen LogP contribution in [0, 0.1) is 5.92 Å². The Kier molecular flexibility index (Phi) is 8.25. The molecule has 2 atom stereocenters. The molecule has 0 aliphatic carbocycles. The number of carbonyl (C=O) groups excluding carboxylic acids is 2. The number of nitrogens with zero attached hydrogens (tertiary/aromatic N) is 1. The highest BCUT2D eigenvalue weighted by Crippen LogP contribution is 2.28. The number of amides is 2. The van der Waals surface area contributed by atoms with Gasteiger partial charge in [0.1, 0.15) is 0 Å². The minimum absolute atomic E-state index is 0.0653. The molecule has 4 rings (SSSR count). The predicted octanol–water partition coefficient (Wildman–Crippen LogP) is 4.75. The second-order valence-corrected chi connectivity index (χ2v) is 9.47. The summed E-state index contributed by atoms with van der Waals surface area (Å²) in [7, 11) is 0. The molecule has 2 saturated heterocycles. The number of likely N-dealkylation sites (tertiary alicyclic amines) is 1. The van der Waals surface area contributed by atoms with E-state index in [1.807, 2.05) is 24.3 Å². The first-order valence-electron chi connectivity index (χ1n) is 11.5. The van der Waals surface area contributed by atoms with E-state index in [0.717, 1.165) is 44.4 Å². The highest BCUT2D eigenvalue weighted by Gasteiger charge is 2.27. The van der Waals surface area contributed by atoms with Gasteiger partial charge in [0.2, 0.25) is 5.91 Å². The molecule has 2 aliphatic rings. The standard InChI is InChI=1S/C25H29Cl2N3O3/c26-21-9-3-10-22(27)20(21)16-30-12-4-6-17(15-30)24(31)29-23-11-2-1-8-19(23)25(32)28-14-18-7-5-13-33-18/h1-3,8-11,17-18H,4-7,12-16H2,(H,28,32)(H,29,31). The van der Waals surface area contributed by atoms with Gasteiger partial charge in [-0.2, -0.15) is 0 Å². The minimum atomic E-state index is -0.208. The Bertz CT molecular complexity index is 974. The lowest BCUT2D eigenvalue weighted by atomic mass is 9.96. The Labute approximate surface area is 204 Å². The summed E-state index contributed by atoms with van der Waals surface area (Å²) in [5, 5.41) is 7.19. The smallest absolute Gasteiger partial charge is 0.253 e. The van der Waals surface area contributed by atoms with E-state index in [9.17, 15) is 9.59 Å². The third-order valence-electron chi connectivity index (χ3n) is 6.26. The van der Waals surface area contributed by atoms with Gasteiger partial charge in [-0.05, 0) is 56.5 Å². The molecule has 0 bridgehead atoms. The summed E-state index contributed by atoms with van der Waals surface area (Å²) in [6.07, 6.45) is 3.75. The zero-order chi connectivity index (χ0) is 23.2. The van der Waals surface area contributed by atoms with Crippen molar-refractivity contribution >= 4 is 40.7 Å². The highest BCUT2D eigenvalue weighted by atomic mass is 35.5. The quantitative estimate of drug-likeness (QED) is 0.588. The summed E-state index contributed by atoms with van der Waals surface area (Å²) >= 11 is 12.7. The normalized spacial score (nSPS) is 21.0. The molecule has 2 amide bonds. The van der Waals surface area contributed by atoms with Crippen LogP contribution in [0.25, 0.3) is 0 Å². The summed E-state index contributed by atoms with van der Waals surface area (Å²) < 4.78 is 5.58. The van der Waals surface area contributed by atoms with Crippen molar-refractivity contribution in [3.8, 4) is 0 Å². The molecule has 0 saturated carbocycles. The zero-order valence-corrected chi connectivity index (χ0v) is 20.0. The van der Waals surface area contributed by atoms with Crippen LogP contribution in [0.1, 0.15) is 41.6 Å². The van der Waals surface area contributed by atoms with E-state index in [1.54, 1.807) is 18.2 Å². The summed E-state index contributed by atoms with van der Waals surface area (Å²) in [5.74, 6) is -0.465. The lowest BCUT2D eigenvalue weighted by Crippen LogP contribution is -2.40. The maximum absolute atomic E-state index is 13.1. The first-order chi connectivity index (χ1) is 16.0. The molecule has 8 heteroatoms. The van der Waals surface area contributed by atoms with Crippen LogP contribution in [0.4, 0.5) is 5.69 Å². The molecule has 0 spiro atoms. The van der Waals surface area contributed by atoms with Crippen molar-refractivity contribution in [1.82, 2.24) is 10.2 Å². The monoisotopic (exact) mass is 489 g/mol. The Morgan fingerprint density at radius 2 is 1.82 bits per heavy atom. The average Bonchev–Trinajstić information content (AvgIpc) is 3.34. The van der Waals surface area contributed by atoms with E-state index in [1.165, 1.54) is 0 Å². The number of anilines is 1. The number of para-hydroxylation sites is 1. The molecular weight excluding hydrogens is 461 g/mol. The topological polar surface area (TPSA) is 70.7 Å². The van der Waals surface area contributed by atoms with E-state index < -0.39 is 0 Å². The van der Waals surface area contributed by atoms with Crippen molar-refractivity contribution in [2.75, 3.05) is 31.6 Å². The largest absolute Gasteiger partial charge is 0.376 e. The van der Waals surface area contributed by atoms with Gasteiger partial charge in [0, 0.05) is 41.8 Å². The van der Waals surface area contributed by atoms with Gasteiger partial charge >= 0.3 is 0 Å². The van der Waals surface area contributed by atoms with Gasteiger partial charge in [-0.3, -0.25) is 14.5 Å². The molecule has 2 N–H and O–H groups in total. The van der Waals surface area contributed by atoms with Crippen molar-refractivity contribution < 1.29 is 14.3 Å². The highest BCUT2D eigenvalue weighted by molar-refractivity contribution is 6.35. The second kappa shape index (κ2) is 11.3. The third-order valence-corrected chi connectivity index (χ3v) is 6.97. The van der Waals surface area contributed by atoms with Gasteiger partial charge in [-0.1, -0.05) is 41.4 Å². The first kappa shape index (κ1) is 24.0. The van der Waals surface area contributed by atoms with Gasteiger partial charge in [-0.25, -0.2) is 0 Å². The van der Waals surface area contributed by atoms with Crippen molar-refractivity contribution in [2.24, 2.45) is 5.92 Å². The minimum Gasteiger partial charge on any atom is -0.376 e. The van der Waals surface area contributed by atoms with E-state index in [0.29, 0.717) is 40.9 Å². The van der Waals surface area contributed by atoms with Crippen LogP contribution in [0.5, 0.6) is 0 Å². The van der Waals surface area contributed by atoms with Crippen molar-refractivity contribution in [1.29, 1.82) is 0 Å². The molecule has 176 valence electrons. The molecule has 33 heavy (non-hydrogen) atoms. The zero-order valence-electron chi connectivity index (χ0n) is 18.5. The number of piperidine rings is 1. The van der Waals surface area contributed by atoms with Gasteiger partial charge in [0.05, 0.1) is 23.3 Å². The fraction of sp³-hybridized carbons (Fsp3) is 0.440. The maximum Gasteiger partial charge on any atom is 0.253 e. The number of hydrogen-bond donors (Lipinski definition) is 2. The number of benzene rings is 2. The van der Waals surface area contributed by atoms with Crippen LogP contribution in [0.2, 0.25) is 10.0 Å². The summed E-state index contributed by atoms with van der Waals surface area (Å²) in [4.78, 5) is 28.1. The van der Waals surface area contributed by atoms with Crippen molar-refractivity contribution in [3.63, 3.8) is 0 Å². The molecule has 2 unspecified atom stereocenters. The van der Waals surface area contributed by atoms with E-state index in [-0.39, 0.29) is 23.8 Å². The van der Waals surface area contributed by atoms with E-state index in [2.05, 4.69) is 15.5 Å². The van der Waals surface area contributed by atoms with Crippen molar-refractivity contribution in [2.45, 2.75) is 38.3 Å². The molecule has 2 aromatic carbocycles. The van der Waals surface area contributed by atoms with Gasteiger partial charge in [0.25, 0.3) is 5.91 Å². The van der Waals surface area contributed by atoms with Gasteiger partial charge in [-0.15, -0.1) is 0 Å². The van der Waals surface area contributed by atoms with Crippen LogP contribution < -0.4 is 10.6 Å². The van der Waals surface area contributed by atoms with E-state index in [4.69, 9.17) is 27.9 Å². The average molecular weight is 490 g/mol. The Morgan fingerprint density at radius 3 is 2.58 bits per heavy atom. The van der Waals surface area contributed by atoms with Crippen LogP contribution >= 0.6 is 23.2 Å². The second-order valence-electron chi connectivity index (χ2n) is 8.65. The number of nitrogens with one attached hydrogen (secondary N) is 2. The number of halogens is 2. The number of ether oxygens (including phenoxy) is 1. The van der Waals surface area contributed by atoms with Crippen LogP contribution in [-0.2, 0) is 16.1 Å². The Hall–Kier alpha value is -2.12. The molecule has 2 aliphatic heterocycles. The lowest BCUT2D eigenvalue weighted by molar-refractivity contribution is -0.121. The third kappa shape index (κ3) is 6.27. The van der Waals surface area contributed by atoms with Crippen LogP contribution in [0.3, 0.4) is 0 Å². The summed E-state index contributed by atoms with van der Waals surface area (Å²) in [5.41, 5.74) is 1.87. The molecule has 0 aromatic heterocycles. The Balaban J connectivity index is 1.37. The number of rotatable bonds is 7. The molecular formula is C25H29Cl2N3O3. The van der Waals surface area contributed by atoms with Gasteiger partial charge in [0.15, 0.2) is 0 Å². The fourth-order valence-corrected chi connectivity index (χ4v) is 4.97. The number of hydrogen-bond acceptors (Lipinski definition) is 4. The summed E-state index contributed by atoms with van der Waals surface area (Å²) in [6.45, 7) is 3.32. The molecule has 2 heterocycles. The first-order valence-corrected chi connectivity index (χ1v) is 12.2. The molecule has 2 fully saturated rings. The lowest BCUT2D eigenvalue weighted by Gasteiger charge is -2.32. The maximum atomic E-state index is 13.1. The van der Waals surface area contributed by atoms with Crippen LogP contribution in [0.15, 0.2) is 42.5 Å². The SMILES string of the molecule is O=C(NCC1CCCO1)c1ccccc1NC(=O)C1CCCN(Cc2c(Cl)cccc2Cl)C1. The Morgan fingerprint density at radius 1 is 1.03 bits per heavy atom. The molecule has 6 nitrogen and oxygen atoms in total. The fourth-order valence-electron chi connectivity index (χ4n) is 4.45. The summed E-state index contributed by atoms with van der Waals surface area (Å²) in [6, 6.07) is 12.6. The molecule has 2 aromatic rings. The van der Waals surface area contributed by atoms with E-state index >= 15 is 0 Å². The number of carbonyl (C=O) groups is 2.